The minimum Gasteiger partial charge on any atom is -0.479 e. The van der Waals surface area contributed by atoms with Gasteiger partial charge in [-0.3, -0.25) is 4.79 Å². The van der Waals surface area contributed by atoms with Crippen LogP contribution in [0, 0.1) is 13.8 Å². The van der Waals surface area contributed by atoms with Gasteiger partial charge in [-0.1, -0.05) is 6.07 Å². The largest absolute Gasteiger partial charge is 0.479 e. The second kappa shape index (κ2) is 6.34. The van der Waals surface area contributed by atoms with Gasteiger partial charge in [-0.2, -0.15) is 0 Å². The van der Waals surface area contributed by atoms with Crippen molar-refractivity contribution in [1.82, 2.24) is 0 Å². The molecule has 0 fully saturated rings. The van der Waals surface area contributed by atoms with E-state index in [1.54, 1.807) is 38.1 Å². The van der Waals surface area contributed by atoms with Crippen LogP contribution in [0.5, 0.6) is 5.75 Å². The summed E-state index contributed by atoms with van der Waals surface area (Å²) in [5, 5.41) is 11.6. The fourth-order valence-electron chi connectivity index (χ4n) is 1.86. The van der Waals surface area contributed by atoms with E-state index in [1.165, 1.54) is 13.2 Å². The van der Waals surface area contributed by atoms with Crippen LogP contribution in [0.25, 0.3) is 0 Å². The van der Waals surface area contributed by atoms with Crippen molar-refractivity contribution in [2.75, 3.05) is 5.32 Å². The van der Waals surface area contributed by atoms with Crippen LogP contribution in [0.2, 0.25) is 0 Å². The number of carboxylic acids is 1. The Morgan fingerprint density at radius 1 is 1.27 bits per heavy atom. The van der Waals surface area contributed by atoms with Crippen molar-refractivity contribution >= 4 is 17.6 Å². The standard InChI is InChI=1S/C16H17NO5/c1-9-4-5-12(8-14(9)22-11(3)16(19)20)17-15(18)13-6-7-21-10(13)2/h4-8,11H,1-3H3,(H,17,18)(H,19,20)/t11-/m1/s1. The summed E-state index contributed by atoms with van der Waals surface area (Å²) in [7, 11) is 0. The number of carbonyl (C=O) groups is 2. The van der Waals surface area contributed by atoms with Gasteiger partial charge in [0.1, 0.15) is 11.5 Å². The number of nitrogens with one attached hydrogen (secondary N) is 1. The first-order chi connectivity index (χ1) is 10.4. The highest BCUT2D eigenvalue weighted by Gasteiger charge is 2.16. The summed E-state index contributed by atoms with van der Waals surface area (Å²) in [5.41, 5.74) is 1.75. The molecule has 2 N–H and O–H groups in total. The molecule has 0 aliphatic heterocycles. The van der Waals surface area contributed by atoms with Crippen molar-refractivity contribution in [2.45, 2.75) is 26.9 Å². The summed E-state index contributed by atoms with van der Waals surface area (Å²) >= 11 is 0. The van der Waals surface area contributed by atoms with Crippen LogP contribution in [0.3, 0.4) is 0 Å². The molecule has 0 unspecified atom stereocenters. The Morgan fingerprint density at radius 2 is 2.00 bits per heavy atom. The van der Waals surface area contributed by atoms with Crippen molar-refractivity contribution in [3.8, 4) is 5.75 Å². The second-order valence-electron chi connectivity index (χ2n) is 4.92. The van der Waals surface area contributed by atoms with Crippen LogP contribution in [0.15, 0.2) is 34.9 Å². The van der Waals surface area contributed by atoms with Gasteiger partial charge in [0.15, 0.2) is 6.10 Å². The van der Waals surface area contributed by atoms with E-state index in [-0.39, 0.29) is 5.91 Å². The van der Waals surface area contributed by atoms with E-state index < -0.39 is 12.1 Å². The number of benzene rings is 1. The molecule has 116 valence electrons. The Kier molecular flexibility index (Phi) is 4.50. The maximum atomic E-state index is 12.1. The highest BCUT2D eigenvalue weighted by Crippen LogP contribution is 2.24. The third kappa shape index (κ3) is 3.46. The van der Waals surface area contributed by atoms with E-state index in [2.05, 4.69) is 5.32 Å². The van der Waals surface area contributed by atoms with Crippen molar-refractivity contribution in [3.05, 3.63) is 47.4 Å². The fraction of sp³-hybridized carbons (Fsp3) is 0.250. The minimum atomic E-state index is -1.05. The Labute approximate surface area is 127 Å². The third-order valence-electron chi connectivity index (χ3n) is 3.20. The lowest BCUT2D eigenvalue weighted by atomic mass is 10.2. The topological polar surface area (TPSA) is 88.8 Å². The van der Waals surface area contributed by atoms with E-state index in [9.17, 15) is 9.59 Å². The summed E-state index contributed by atoms with van der Waals surface area (Å²) in [6, 6.07) is 6.66. The van der Waals surface area contributed by atoms with Gasteiger partial charge < -0.3 is 19.6 Å². The van der Waals surface area contributed by atoms with E-state index in [1.807, 2.05) is 0 Å². The Hall–Kier alpha value is -2.76. The van der Waals surface area contributed by atoms with Crippen LogP contribution in [-0.4, -0.2) is 23.1 Å². The number of hydrogen-bond acceptors (Lipinski definition) is 4. The SMILES string of the molecule is Cc1ccc(NC(=O)c2ccoc2C)cc1O[C@H](C)C(=O)O. The number of carboxylic acid groups (broad SMARTS) is 1. The van der Waals surface area contributed by atoms with Crippen LogP contribution >= 0.6 is 0 Å². The molecular formula is C16H17NO5. The smallest absolute Gasteiger partial charge is 0.344 e. The molecule has 1 amide bonds. The highest BCUT2D eigenvalue weighted by atomic mass is 16.5. The van der Waals surface area contributed by atoms with Crippen LogP contribution in [0.1, 0.15) is 28.6 Å². The van der Waals surface area contributed by atoms with Gasteiger partial charge in [-0.05, 0) is 38.5 Å². The molecule has 0 saturated heterocycles. The zero-order chi connectivity index (χ0) is 16.3. The molecule has 6 heteroatoms. The zero-order valence-corrected chi connectivity index (χ0v) is 12.5. The summed E-state index contributed by atoms with van der Waals surface area (Å²) in [6.45, 7) is 4.95. The lowest BCUT2D eigenvalue weighted by Gasteiger charge is -2.14. The number of anilines is 1. The Balaban J connectivity index is 2.17. The fourth-order valence-corrected chi connectivity index (χ4v) is 1.86. The molecule has 6 nitrogen and oxygen atoms in total. The monoisotopic (exact) mass is 303 g/mol. The first-order valence-corrected chi connectivity index (χ1v) is 6.74. The van der Waals surface area contributed by atoms with Gasteiger partial charge in [-0.25, -0.2) is 4.79 Å². The second-order valence-corrected chi connectivity index (χ2v) is 4.92. The van der Waals surface area contributed by atoms with Gasteiger partial charge in [0.25, 0.3) is 5.91 Å². The normalized spacial score (nSPS) is 11.8. The molecule has 1 aromatic heterocycles. The molecule has 0 aliphatic carbocycles. The van der Waals surface area contributed by atoms with Crippen molar-refractivity contribution < 1.29 is 23.8 Å². The number of ether oxygens (including phenoxy) is 1. The Morgan fingerprint density at radius 3 is 2.59 bits per heavy atom. The first-order valence-electron chi connectivity index (χ1n) is 6.74. The minimum absolute atomic E-state index is 0.299. The number of aryl methyl sites for hydroxylation is 2. The lowest BCUT2D eigenvalue weighted by molar-refractivity contribution is -0.144. The van der Waals surface area contributed by atoms with Crippen molar-refractivity contribution in [1.29, 1.82) is 0 Å². The maximum Gasteiger partial charge on any atom is 0.344 e. The maximum absolute atomic E-state index is 12.1. The van der Waals surface area contributed by atoms with E-state index in [0.29, 0.717) is 22.8 Å². The number of rotatable bonds is 5. The van der Waals surface area contributed by atoms with Gasteiger partial charge in [0.05, 0.1) is 11.8 Å². The van der Waals surface area contributed by atoms with Crippen LogP contribution in [-0.2, 0) is 4.79 Å². The van der Waals surface area contributed by atoms with Gasteiger partial charge in [-0.15, -0.1) is 0 Å². The molecule has 0 aliphatic rings. The summed E-state index contributed by atoms with van der Waals surface area (Å²) in [5.74, 6) is -0.410. The van der Waals surface area contributed by atoms with E-state index in [4.69, 9.17) is 14.3 Å². The summed E-state index contributed by atoms with van der Waals surface area (Å²) in [4.78, 5) is 23.0. The average molecular weight is 303 g/mol. The van der Waals surface area contributed by atoms with Gasteiger partial charge in [0.2, 0.25) is 0 Å². The zero-order valence-electron chi connectivity index (χ0n) is 12.5. The highest BCUT2D eigenvalue weighted by molar-refractivity contribution is 6.05. The molecule has 2 aromatic rings. The molecular weight excluding hydrogens is 286 g/mol. The number of hydrogen-bond donors (Lipinski definition) is 2. The summed E-state index contributed by atoms with van der Waals surface area (Å²) < 4.78 is 10.5. The Bertz CT molecular complexity index is 704. The number of carbonyl (C=O) groups excluding carboxylic acids is 1. The molecule has 1 aromatic carbocycles. The molecule has 1 atom stereocenters. The van der Waals surface area contributed by atoms with Crippen molar-refractivity contribution in [2.24, 2.45) is 0 Å². The average Bonchev–Trinajstić information content (AvgIpc) is 2.88. The quantitative estimate of drug-likeness (QED) is 0.886. The van der Waals surface area contributed by atoms with E-state index in [0.717, 1.165) is 5.56 Å². The van der Waals surface area contributed by atoms with Crippen molar-refractivity contribution in [3.63, 3.8) is 0 Å². The number of furan rings is 1. The molecule has 2 rings (SSSR count). The lowest BCUT2D eigenvalue weighted by Crippen LogP contribution is -2.23. The van der Waals surface area contributed by atoms with E-state index >= 15 is 0 Å². The molecule has 1 heterocycles. The molecule has 0 radical (unpaired) electrons. The van der Waals surface area contributed by atoms with Crippen LogP contribution < -0.4 is 10.1 Å². The molecule has 22 heavy (non-hydrogen) atoms. The third-order valence-corrected chi connectivity index (χ3v) is 3.20. The van der Waals surface area contributed by atoms with Gasteiger partial charge >= 0.3 is 5.97 Å². The molecule has 0 spiro atoms. The molecule has 0 saturated carbocycles. The number of aliphatic carboxylic acids is 1. The molecule has 0 bridgehead atoms. The van der Waals surface area contributed by atoms with Gasteiger partial charge in [0, 0.05) is 11.8 Å². The van der Waals surface area contributed by atoms with Crippen LogP contribution in [0.4, 0.5) is 5.69 Å². The predicted octanol–water partition coefficient (Wildman–Crippen LogP) is 3.00. The number of amides is 1. The predicted molar refractivity (Wildman–Crippen MR) is 80.3 cm³/mol. The summed E-state index contributed by atoms with van der Waals surface area (Å²) in [6.07, 6.45) is 0.475. The first kappa shape index (κ1) is 15.6.